The Bertz CT molecular complexity index is 564. The summed E-state index contributed by atoms with van der Waals surface area (Å²) in [6, 6.07) is 9.42. The first kappa shape index (κ1) is 14.3. The van der Waals surface area contributed by atoms with Crippen molar-refractivity contribution in [2.75, 3.05) is 13.6 Å². The number of nitrogens with zero attached hydrogens (tertiary/aromatic N) is 2. The van der Waals surface area contributed by atoms with Crippen LogP contribution < -0.4 is 0 Å². The number of hydrogen-bond donors (Lipinski definition) is 1. The average Bonchev–Trinajstić information content (AvgIpc) is 2.94. The molecular weight excluding hydrogens is 256 g/mol. The maximum Gasteiger partial charge on any atom is 0.275 e. The van der Waals surface area contributed by atoms with Crippen molar-refractivity contribution in [2.45, 2.75) is 19.4 Å². The van der Waals surface area contributed by atoms with Crippen molar-refractivity contribution in [1.29, 1.82) is 0 Å². The van der Waals surface area contributed by atoms with Crippen LogP contribution >= 0.6 is 0 Å². The first-order valence-corrected chi connectivity index (χ1v) is 6.52. The number of amides is 1. The Balaban J connectivity index is 2.07. The molecule has 1 N–H and O–H groups in total. The van der Waals surface area contributed by atoms with Crippen molar-refractivity contribution < 1.29 is 14.3 Å². The molecule has 2 rings (SSSR count). The van der Waals surface area contributed by atoms with Gasteiger partial charge in [-0.25, -0.2) is 4.98 Å². The second-order valence-electron chi connectivity index (χ2n) is 4.77. The van der Waals surface area contributed by atoms with E-state index >= 15 is 0 Å². The molecule has 1 aromatic carbocycles. The second-order valence-corrected chi connectivity index (χ2v) is 4.77. The molecule has 20 heavy (non-hydrogen) atoms. The Hall–Kier alpha value is -2.14. The van der Waals surface area contributed by atoms with Gasteiger partial charge < -0.3 is 14.4 Å². The largest absolute Gasteiger partial charge is 0.444 e. The van der Waals surface area contributed by atoms with Gasteiger partial charge >= 0.3 is 0 Å². The molecule has 1 atom stereocenters. The Labute approximate surface area is 117 Å². The fraction of sp³-hybridized carbons (Fsp3) is 0.333. The summed E-state index contributed by atoms with van der Waals surface area (Å²) in [5.74, 6) is 0.217. The zero-order chi connectivity index (χ0) is 14.5. The van der Waals surface area contributed by atoms with Gasteiger partial charge in [0.25, 0.3) is 5.91 Å². The van der Waals surface area contributed by atoms with Crippen LogP contribution in [0.2, 0.25) is 0 Å². The van der Waals surface area contributed by atoms with E-state index in [1.165, 1.54) is 11.2 Å². The SMILES string of the molecule is CC(O)CCN(C)C(=O)c1coc(-c2ccccc2)n1. The summed E-state index contributed by atoms with van der Waals surface area (Å²) in [5, 5.41) is 9.23. The van der Waals surface area contributed by atoms with E-state index < -0.39 is 6.10 Å². The lowest BCUT2D eigenvalue weighted by atomic mass is 10.2. The van der Waals surface area contributed by atoms with Gasteiger partial charge in [-0.05, 0) is 25.5 Å². The van der Waals surface area contributed by atoms with Gasteiger partial charge in [0.05, 0.1) is 6.10 Å². The van der Waals surface area contributed by atoms with Crippen LogP contribution in [0.15, 0.2) is 41.0 Å². The van der Waals surface area contributed by atoms with Crippen LogP contribution in [0.5, 0.6) is 0 Å². The normalized spacial score (nSPS) is 12.2. The summed E-state index contributed by atoms with van der Waals surface area (Å²) in [7, 11) is 1.68. The monoisotopic (exact) mass is 274 g/mol. The highest BCUT2D eigenvalue weighted by Gasteiger charge is 2.17. The third-order valence-electron chi connectivity index (χ3n) is 2.97. The lowest BCUT2D eigenvalue weighted by Crippen LogP contribution is -2.29. The van der Waals surface area contributed by atoms with Gasteiger partial charge in [-0.3, -0.25) is 4.79 Å². The van der Waals surface area contributed by atoms with Crippen LogP contribution in [0.4, 0.5) is 0 Å². The molecule has 0 aliphatic rings. The van der Waals surface area contributed by atoms with Crippen LogP contribution in [-0.4, -0.2) is 40.6 Å². The molecule has 0 saturated carbocycles. The number of hydrogen-bond acceptors (Lipinski definition) is 4. The molecule has 0 spiro atoms. The molecule has 106 valence electrons. The van der Waals surface area contributed by atoms with E-state index in [9.17, 15) is 9.90 Å². The summed E-state index contributed by atoms with van der Waals surface area (Å²) in [4.78, 5) is 17.9. The van der Waals surface area contributed by atoms with Gasteiger partial charge in [0.15, 0.2) is 5.69 Å². The summed E-state index contributed by atoms with van der Waals surface area (Å²) >= 11 is 0. The Morgan fingerprint density at radius 2 is 2.10 bits per heavy atom. The molecule has 1 heterocycles. The number of aromatic nitrogens is 1. The maximum atomic E-state index is 12.1. The quantitative estimate of drug-likeness (QED) is 0.907. The minimum Gasteiger partial charge on any atom is -0.444 e. The highest BCUT2D eigenvalue weighted by Crippen LogP contribution is 2.18. The van der Waals surface area contributed by atoms with Crippen LogP contribution in [0.1, 0.15) is 23.8 Å². The fourth-order valence-corrected chi connectivity index (χ4v) is 1.76. The van der Waals surface area contributed by atoms with E-state index in [1.54, 1.807) is 14.0 Å². The molecule has 0 fully saturated rings. The van der Waals surface area contributed by atoms with E-state index in [4.69, 9.17) is 4.42 Å². The van der Waals surface area contributed by atoms with E-state index in [0.717, 1.165) is 5.56 Å². The summed E-state index contributed by atoms with van der Waals surface area (Å²) in [5.41, 5.74) is 1.11. The average molecular weight is 274 g/mol. The molecular formula is C15H18N2O3. The predicted molar refractivity (Wildman–Crippen MR) is 75.2 cm³/mol. The number of aliphatic hydroxyl groups is 1. The van der Waals surface area contributed by atoms with Crippen LogP contribution in [0.3, 0.4) is 0 Å². The number of benzene rings is 1. The molecule has 1 amide bonds. The summed E-state index contributed by atoms with van der Waals surface area (Å²) in [6.07, 6.45) is 1.47. The van der Waals surface area contributed by atoms with Crippen molar-refractivity contribution in [2.24, 2.45) is 0 Å². The lowest BCUT2D eigenvalue weighted by molar-refractivity contribution is 0.0763. The Morgan fingerprint density at radius 3 is 2.75 bits per heavy atom. The number of oxazole rings is 1. The van der Waals surface area contributed by atoms with Gasteiger partial charge in [-0.15, -0.1) is 0 Å². The Morgan fingerprint density at radius 1 is 1.40 bits per heavy atom. The number of carbonyl (C=O) groups excluding carboxylic acids is 1. The van der Waals surface area contributed by atoms with Gasteiger partial charge in [-0.1, -0.05) is 18.2 Å². The topological polar surface area (TPSA) is 66.6 Å². The Kier molecular flexibility index (Phi) is 4.53. The fourth-order valence-electron chi connectivity index (χ4n) is 1.76. The molecule has 1 aromatic heterocycles. The lowest BCUT2D eigenvalue weighted by Gasteiger charge is -2.16. The standard InChI is InChI=1S/C15H18N2O3/c1-11(18)8-9-17(2)15(19)13-10-20-14(16-13)12-6-4-3-5-7-12/h3-7,10-11,18H,8-9H2,1-2H3. The highest BCUT2D eigenvalue weighted by atomic mass is 16.3. The van der Waals surface area contributed by atoms with Crippen molar-refractivity contribution in [3.8, 4) is 11.5 Å². The predicted octanol–water partition coefficient (Wildman–Crippen LogP) is 2.18. The number of rotatable bonds is 5. The van der Waals surface area contributed by atoms with E-state index in [2.05, 4.69) is 4.98 Å². The summed E-state index contributed by atoms with van der Waals surface area (Å²) < 4.78 is 5.34. The number of carbonyl (C=O) groups is 1. The van der Waals surface area contributed by atoms with Crippen molar-refractivity contribution in [3.05, 3.63) is 42.3 Å². The molecule has 5 nitrogen and oxygen atoms in total. The zero-order valence-corrected chi connectivity index (χ0v) is 11.6. The third kappa shape index (κ3) is 3.45. The van der Waals surface area contributed by atoms with Crippen molar-refractivity contribution in [3.63, 3.8) is 0 Å². The van der Waals surface area contributed by atoms with Crippen molar-refractivity contribution in [1.82, 2.24) is 9.88 Å². The molecule has 0 aliphatic carbocycles. The smallest absolute Gasteiger partial charge is 0.275 e. The maximum absolute atomic E-state index is 12.1. The van der Waals surface area contributed by atoms with Gasteiger partial charge in [0.2, 0.25) is 5.89 Å². The molecule has 0 radical (unpaired) electrons. The van der Waals surface area contributed by atoms with Gasteiger partial charge in [-0.2, -0.15) is 0 Å². The van der Waals surface area contributed by atoms with E-state index in [0.29, 0.717) is 18.9 Å². The highest BCUT2D eigenvalue weighted by molar-refractivity contribution is 5.92. The molecule has 1 unspecified atom stereocenters. The second kappa shape index (κ2) is 6.34. The van der Waals surface area contributed by atoms with E-state index in [1.807, 2.05) is 30.3 Å². The third-order valence-corrected chi connectivity index (χ3v) is 2.97. The first-order chi connectivity index (χ1) is 9.58. The van der Waals surface area contributed by atoms with Gasteiger partial charge in [0.1, 0.15) is 6.26 Å². The molecule has 0 aliphatic heterocycles. The molecule has 0 saturated heterocycles. The first-order valence-electron chi connectivity index (χ1n) is 6.52. The van der Waals surface area contributed by atoms with Crippen LogP contribution in [0, 0.1) is 0 Å². The summed E-state index contributed by atoms with van der Waals surface area (Å²) in [6.45, 7) is 2.17. The van der Waals surface area contributed by atoms with Gasteiger partial charge in [0, 0.05) is 19.2 Å². The zero-order valence-electron chi connectivity index (χ0n) is 11.6. The minimum atomic E-state index is -0.428. The minimum absolute atomic E-state index is 0.211. The number of aliphatic hydroxyl groups excluding tert-OH is 1. The van der Waals surface area contributed by atoms with Crippen LogP contribution in [0.25, 0.3) is 11.5 Å². The van der Waals surface area contributed by atoms with Crippen LogP contribution in [-0.2, 0) is 0 Å². The molecule has 2 aromatic rings. The van der Waals surface area contributed by atoms with Crippen molar-refractivity contribution >= 4 is 5.91 Å². The molecule has 0 bridgehead atoms. The van der Waals surface area contributed by atoms with E-state index in [-0.39, 0.29) is 11.6 Å². The molecule has 5 heteroatoms.